The molecule has 1 aromatic rings. The molecule has 2 heterocycles. The fourth-order valence-corrected chi connectivity index (χ4v) is 2.69. The van der Waals surface area contributed by atoms with Gasteiger partial charge < -0.3 is 15.4 Å². The summed E-state index contributed by atoms with van der Waals surface area (Å²) in [6.45, 7) is 1.60. The summed E-state index contributed by atoms with van der Waals surface area (Å²) in [5.74, 6) is -0.258. The molecule has 1 spiro atoms. The highest BCUT2D eigenvalue weighted by Gasteiger charge is 2.40. The number of rotatable bonds is 2. The Balaban J connectivity index is 1.85. The standard InChI is InChI=1S/C15H17N3O4/c19-13(18-21)4-2-10-1-3-12-11(9-10)14(20)17-15(22-12)5-7-16-8-6-15/h1-4,9,16,21H,5-8H2,(H,17,20)(H,18,19)/b4-2+. The van der Waals surface area contributed by atoms with Crippen LogP contribution in [0.25, 0.3) is 6.08 Å². The van der Waals surface area contributed by atoms with Crippen molar-refractivity contribution in [3.05, 3.63) is 35.4 Å². The first-order valence-corrected chi connectivity index (χ1v) is 7.10. The Morgan fingerprint density at radius 2 is 2.14 bits per heavy atom. The lowest BCUT2D eigenvalue weighted by atomic mass is 9.97. The average molecular weight is 303 g/mol. The quantitative estimate of drug-likeness (QED) is 0.360. The zero-order chi connectivity index (χ0) is 15.6. The van der Waals surface area contributed by atoms with Crippen molar-refractivity contribution < 1.29 is 19.5 Å². The number of amides is 2. The van der Waals surface area contributed by atoms with E-state index >= 15 is 0 Å². The second-order valence-electron chi connectivity index (χ2n) is 5.37. The predicted octanol–water partition coefficient (Wildman–Crippen LogP) is 0.407. The molecule has 0 bridgehead atoms. The van der Waals surface area contributed by atoms with Crippen LogP contribution in [0, 0.1) is 0 Å². The van der Waals surface area contributed by atoms with Gasteiger partial charge in [0.25, 0.3) is 11.8 Å². The van der Waals surface area contributed by atoms with Crippen molar-refractivity contribution in [2.45, 2.75) is 18.6 Å². The molecule has 0 radical (unpaired) electrons. The summed E-state index contributed by atoms with van der Waals surface area (Å²) in [6, 6.07) is 5.14. The van der Waals surface area contributed by atoms with Crippen molar-refractivity contribution in [3.8, 4) is 5.75 Å². The van der Waals surface area contributed by atoms with Gasteiger partial charge >= 0.3 is 0 Å². The fourth-order valence-electron chi connectivity index (χ4n) is 2.69. The van der Waals surface area contributed by atoms with Crippen LogP contribution in [0.5, 0.6) is 5.75 Å². The maximum Gasteiger partial charge on any atom is 0.267 e. The minimum atomic E-state index is -0.632. The van der Waals surface area contributed by atoms with E-state index in [1.807, 2.05) is 0 Å². The normalized spacial score (nSPS) is 19.4. The van der Waals surface area contributed by atoms with Crippen LogP contribution in [0.15, 0.2) is 24.3 Å². The SMILES string of the molecule is O=C(/C=C/c1ccc2c(c1)C(=O)NC1(CCNCC1)O2)NO. The van der Waals surface area contributed by atoms with Crippen LogP contribution in [0.2, 0.25) is 0 Å². The third-order valence-electron chi connectivity index (χ3n) is 3.84. The van der Waals surface area contributed by atoms with Crippen LogP contribution in [0.3, 0.4) is 0 Å². The molecule has 3 rings (SSSR count). The van der Waals surface area contributed by atoms with Gasteiger partial charge in [0.1, 0.15) is 5.75 Å². The average Bonchev–Trinajstić information content (AvgIpc) is 2.53. The summed E-state index contributed by atoms with van der Waals surface area (Å²) in [5, 5.41) is 14.6. The number of nitrogens with one attached hydrogen (secondary N) is 3. The van der Waals surface area contributed by atoms with Crippen molar-refractivity contribution in [1.29, 1.82) is 0 Å². The van der Waals surface area contributed by atoms with Crippen LogP contribution in [-0.2, 0) is 4.79 Å². The van der Waals surface area contributed by atoms with Crippen molar-refractivity contribution in [2.24, 2.45) is 0 Å². The van der Waals surface area contributed by atoms with Crippen LogP contribution in [0.4, 0.5) is 0 Å². The molecule has 1 aromatic carbocycles. The van der Waals surface area contributed by atoms with Crippen molar-refractivity contribution in [3.63, 3.8) is 0 Å². The molecule has 0 saturated carbocycles. The van der Waals surface area contributed by atoms with E-state index in [0.717, 1.165) is 25.9 Å². The Bertz CT molecular complexity index is 636. The van der Waals surface area contributed by atoms with E-state index in [2.05, 4.69) is 10.6 Å². The molecule has 116 valence electrons. The highest BCUT2D eigenvalue weighted by molar-refractivity contribution is 5.99. The third kappa shape index (κ3) is 2.81. The van der Waals surface area contributed by atoms with E-state index in [4.69, 9.17) is 9.94 Å². The number of benzene rings is 1. The van der Waals surface area contributed by atoms with Gasteiger partial charge in [-0.05, 0) is 23.8 Å². The molecule has 2 aliphatic rings. The number of carbonyl (C=O) groups excluding carboxylic acids is 2. The maximum absolute atomic E-state index is 12.4. The van der Waals surface area contributed by atoms with Gasteiger partial charge in [-0.1, -0.05) is 6.07 Å². The molecule has 0 aromatic heterocycles. The summed E-state index contributed by atoms with van der Waals surface area (Å²) < 4.78 is 6.02. The first kappa shape index (κ1) is 14.6. The number of fused-ring (bicyclic) bond motifs is 1. The third-order valence-corrected chi connectivity index (χ3v) is 3.84. The van der Waals surface area contributed by atoms with Crippen molar-refractivity contribution in [2.75, 3.05) is 13.1 Å². The molecule has 0 unspecified atom stereocenters. The lowest BCUT2D eigenvalue weighted by molar-refractivity contribution is -0.124. The molecule has 7 heteroatoms. The van der Waals surface area contributed by atoms with Crippen molar-refractivity contribution in [1.82, 2.24) is 16.1 Å². The van der Waals surface area contributed by atoms with E-state index in [9.17, 15) is 9.59 Å². The molecule has 2 aliphatic heterocycles. The highest BCUT2D eigenvalue weighted by Crippen LogP contribution is 2.32. The molecule has 0 atom stereocenters. The molecule has 4 N–H and O–H groups in total. The second-order valence-corrected chi connectivity index (χ2v) is 5.37. The van der Waals surface area contributed by atoms with E-state index in [1.54, 1.807) is 18.2 Å². The molecular weight excluding hydrogens is 286 g/mol. The zero-order valence-electron chi connectivity index (χ0n) is 11.9. The minimum absolute atomic E-state index is 0.176. The van der Waals surface area contributed by atoms with Gasteiger partial charge in [-0.25, -0.2) is 5.48 Å². The van der Waals surface area contributed by atoms with Gasteiger partial charge in [0.05, 0.1) is 5.56 Å². The fraction of sp³-hybridized carbons (Fsp3) is 0.333. The van der Waals surface area contributed by atoms with E-state index in [-0.39, 0.29) is 5.91 Å². The first-order chi connectivity index (χ1) is 10.6. The Morgan fingerprint density at radius 3 is 2.86 bits per heavy atom. The summed E-state index contributed by atoms with van der Waals surface area (Å²) in [5.41, 5.74) is 2.00. The van der Waals surface area contributed by atoms with Crippen LogP contribution < -0.4 is 20.9 Å². The Kier molecular flexibility index (Phi) is 3.82. The van der Waals surface area contributed by atoms with Gasteiger partial charge in [0.2, 0.25) is 0 Å². The maximum atomic E-state index is 12.4. The molecule has 7 nitrogen and oxygen atoms in total. The summed E-state index contributed by atoms with van der Waals surface area (Å²) in [7, 11) is 0. The van der Waals surface area contributed by atoms with Gasteiger partial charge in [-0.2, -0.15) is 0 Å². The first-order valence-electron chi connectivity index (χ1n) is 7.10. The summed E-state index contributed by atoms with van der Waals surface area (Å²) >= 11 is 0. The Morgan fingerprint density at radius 1 is 1.36 bits per heavy atom. The lowest BCUT2D eigenvalue weighted by Gasteiger charge is -2.41. The van der Waals surface area contributed by atoms with E-state index in [1.165, 1.54) is 17.6 Å². The number of hydrogen-bond donors (Lipinski definition) is 4. The largest absolute Gasteiger partial charge is 0.467 e. The number of ether oxygens (including phenoxy) is 1. The molecule has 2 amide bonds. The molecule has 22 heavy (non-hydrogen) atoms. The Hall–Kier alpha value is -2.38. The zero-order valence-corrected chi connectivity index (χ0v) is 11.9. The summed E-state index contributed by atoms with van der Waals surface area (Å²) in [4.78, 5) is 23.3. The molecule has 1 saturated heterocycles. The van der Waals surface area contributed by atoms with Gasteiger partial charge in [-0.3, -0.25) is 14.8 Å². The van der Waals surface area contributed by atoms with Crippen LogP contribution in [-0.4, -0.2) is 35.8 Å². The number of carbonyl (C=O) groups is 2. The molecular formula is C15H17N3O4. The minimum Gasteiger partial charge on any atom is -0.467 e. The highest BCUT2D eigenvalue weighted by atomic mass is 16.5. The topological polar surface area (TPSA) is 99.7 Å². The van der Waals surface area contributed by atoms with Gasteiger partial charge in [-0.15, -0.1) is 0 Å². The molecule has 1 fully saturated rings. The number of hydroxylamine groups is 1. The van der Waals surface area contributed by atoms with Gasteiger partial charge in [0, 0.05) is 32.0 Å². The molecule has 0 aliphatic carbocycles. The lowest BCUT2D eigenvalue weighted by Crippen LogP contribution is -2.60. The summed E-state index contributed by atoms with van der Waals surface area (Å²) in [6.07, 6.45) is 4.12. The van der Waals surface area contributed by atoms with E-state index < -0.39 is 11.6 Å². The second kappa shape index (κ2) is 5.78. The predicted molar refractivity (Wildman–Crippen MR) is 78.3 cm³/mol. The van der Waals surface area contributed by atoms with Gasteiger partial charge in [0.15, 0.2) is 5.72 Å². The number of piperidine rings is 1. The smallest absolute Gasteiger partial charge is 0.267 e. The Labute approximate surface area is 127 Å². The monoisotopic (exact) mass is 303 g/mol. The number of hydrogen-bond acceptors (Lipinski definition) is 5. The van der Waals surface area contributed by atoms with Crippen LogP contribution in [0.1, 0.15) is 28.8 Å². The van der Waals surface area contributed by atoms with E-state index in [0.29, 0.717) is 16.9 Å². The van der Waals surface area contributed by atoms with Crippen LogP contribution >= 0.6 is 0 Å². The van der Waals surface area contributed by atoms with Crippen molar-refractivity contribution >= 4 is 17.9 Å².